The molecule has 0 saturated heterocycles. The van der Waals surface area contributed by atoms with Gasteiger partial charge in [0, 0.05) is 24.0 Å². The van der Waals surface area contributed by atoms with Crippen LogP contribution in [0.1, 0.15) is 5.56 Å². The first kappa shape index (κ1) is 13.1. The molecule has 0 aliphatic carbocycles. The van der Waals surface area contributed by atoms with Gasteiger partial charge in [0.2, 0.25) is 0 Å². The lowest BCUT2D eigenvalue weighted by atomic mass is 10.2. The molecule has 100 valence electrons. The number of nitrogens with one attached hydrogen (secondary N) is 1. The van der Waals surface area contributed by atoms with E-state index in [0.29, 0.717) is 12.3 Å². The van der Waals surface area contributed by atoms with E-state index in [0.717, 1.165) is 22.7 Å². The van der Waals surface area contributed by atoms with Crippen molar-refractivity contribution in [3.05, 3.63) is 48.0 Å². The van der Waals surface area contributed by atoms with E-state index in [1.54, 1.807) is 14.2 Å². The van der Waals surface area contributed by atoms with Crippen LogP contribution >= 0.6 is 0 Å². The fraction of sp³-hybridized carbons (Fsp3) is 0.200. The van der Waals surface area contributed by atoms with E-state index in [9.17, 15) is 0 Å². The normalized spacial score (nSPS) is 10.0. The lowest BCUT2D eigenvalue weighted by molar-refractivity contribution is 0.355. The van der Waals surface area contributed by atoms with E-state index >= 15 is 0 Å². The van der Waals surface area contributed by atoms with Crippen LogP contribution in [0.15, 0.2) is 42.5 Å². The Balaban J connectivity index is 2.07. The minimum atomic E-state index is 0.708. The maximum atomic E-state index is 5.75. The van der Waals surface area contributed by atoms with Gasteiger partial charge in [0.1, 0.15) is 0 Å². The number of methoxy groups -OCH3 is 2. The molecule has 2 aromatic carbocycles. The minimum absolute atomic E-state index is 0.708. The second-order valence-corrected chi connectivity index (χ2v) is 4.17. The average Bonchev–Trinajstić information content (AvgIpc) is 2.45. The molecule has 0 bridgehead atoms. The van der Waals surface area contributed by atoms with Gasteiger partial charge in [-0.1, -0.05) is 12.1 Å². The van der Waals surface area contributed by atoms with Gasteiger partial charge < -0.3 is 20.5 Å². The van der Waals surface area contributed by atoms with E-state index in [1.807, 2.05) is 42.5 Å². The first-order valence-electron chi connectivity index (χ1n) is 6.03. The summed E-state index contributed by atoms with van der Waals surface area (Å²) in [7, 11) is 3.25. The monoisotopic (exact) mass is 258 g/mol. The van der Waals surface area contributed by atoms with Crippen LogP contribution in [0.2, 0.25) is 0 Å². The van der Waals surface area contributed by atoms with Gasteiger partial charge in [-0.15, -0.1) is 0 Å². The van der Waals surface area contributed by atoms with Crippen LogP contribution in [0.5, 0.6) is 11.5 Å². The Labute approximate surface area is 113 Å². The Hall–Kier alpha value is -2.36. The summed E-state index contributed by atoms with van der Waals surface area (Å²) in [4.78, 5) is 0. The number of hydrogen-bond acceptors (Lipinski definition) is 4. The van der Waals surface area contributed by atoms with Gasteiger partial charge in [-0.25, -0.2) is 0 Å². The zero-order valence-electron chi connectivity index (χ0n) is 11.1. The Kier molecular flexibility index (Phi) is 4.13. The van der Waals surface area contributed by atoms with Crippen molar-refractivity contribution in [1.29, 1.82) is 0 Å². The summed E-state index contributed by atoms with van der Waals surface area (Å²) in [6.07, 6.45) is 0. The van der Waals surface area contributed by atoms with Crippen LogP contribution in [-0.4, -0.2) is 14.2 Å². The second-order valence-electron chi connectivity index (χ2n) is 4.17. The van der Waals surface area contributed by atoms with Crippen molar-refractivity contribution in [2.75, 3.05) is 25.3 Å². The van der Waals surface area contributed by atoms with Gasteiger partial charge in [0.05, 0.1) is 14.2 Å². The molecule has 4 nitrogen and oxygen atoms in total. The van der Waals surface area contributed by atoms with Crippen molar-refractivity contribution in [3.8, 4) is 11.5 Å². The molecule has 0 spiro atoms. The van der Waals surface area contributed by atoms with E-state index in [2.05, 4.69) is 5.32 Å². The summed E-state index contributed by atoms with van der Waals surface area (Å²) in [5.41, 5.74) is 8.62. The van der Waals surface area contributed by atoms with Crippen LogP contribution in [0, 0.1) is 0 Å². The van der Waals surface area contributed by atoms with Crippen molar-refractivity contribution in [1.82, 2.24) is 0 Å². The van der Waals surface area contributed by atoms with Gasteiger partial charge in [0.25, 0.3) is 0 Å². The van der Waals surface area contributed by atoms with Gasteiger partial charge in [-0.3, -0.25) is 0 Å². The highest BCUT2D eigenvalue weighted by molar-refractivity contribution is 5.55. The third kappa shape index (κ3) is 3.31. The maximum Gasteiger partial charge on any atom is 0.162 e. The highest BCUT2D eigenvalue weighted by Gasteiger charge is 2.04. The fourth-order valence-corrected chi connectivity index (χ4v) is 1.85. The lowest BCUT2D eigenvalue weighted by Crippen LogP contribution is -2.00. The predicted octanol–water partition coefficient (Wildman–Crippen LogP) is 2.90. The molecule has 0 heterocycles. The van der Waals surface area contributed by atoms with Crippen molar-refractivity contribution in [2.45, 2.75) is 6.54 Å². The zero-order chi connectivity index (χ0) is 13.7. The summed E-state index contributed by atoms with van der Waals surface area (Å²) < 4.78 is 10.5. The number of benzene rings is 2. The molecule has 4 heteroatoms. The topological polar surface area (TPSA) is 56.5 Å². The van der Waals surface area contributed by atoms with Crippen molar-refractivity contribution in [3.63, 3.8) is 0 Å². The van der Waals surface area contributed by atoms with Crippen LogP contribution in [-0.2, 0) is 6.54 Å². The standard InChI is InChI=1S/C15H18N2O2/c1-18-14-7-6-13(9-15(14)19-2)17-10-11-4-3-5-12(16)8-11/h3-9,17H,10,16H2,1-2H3. The summed E-state index contributed by atoms with van der Waals surface area (Å²) in [6, 6.07) is 13.5. The minimum Gasteiger partial charge on any atom is -0.493 e. The van der Waals surface area contributed by atoms with Crippen molar-refractivity contribution < 1.29 is 9.47 Å². The highest BCUT2D eigenvalue weighted by atomic mass is 16.5. The van der Waals surface area contributed by atoms with E-state index in [4.69, 9.17) is 15.2 Å². The molecule has 0 aliphatic rings. The SMILES string of the molecule is COc1ccc(NCc2cccc(N)c2)cc1OC. The number of rotatable bonds is 5. The van der Waals surface area contributed by atoms with Crippen molar-refractivity contribution >= 4 is 11.4 Å². The van der Waals surface area contributed by atoms with Crippen LogP contribution < -0.4 is 20.5 Å². The van der Waals surface area contributed by atoms with E-state index in [-0.39, 0.29) is 0 Å². The molecule has 0 fully saturated rings. The summed E-state index contributed by atoms with van der Waals surface area (Å²) in [5.74, 6) is 1.43. The number of ether oxygens (including phenoxy) is 2. The number of anilines is 2. The molecule has 0 saturated carbocycles. The Morgan fingerprint density at radius 3 is 2.47 bits per heavy atom. The van der Waals surface area contributed by atoms with E-state index in [1.165, 1.54) is 0 Å². The number of nitrogen functional groups attached to an aromatic ring is 1. The first-order chi connectivity index (χ1) is 9.22. The Morgan fingerprint density at radius 2 is 1.79 bits per heavy atom. The molecular formula is C15H18N2O2. The highest BCUT2D eigenvalue weighted by Crippen LogP contribution is 2.29. The third-order valence-corrected chi connectivity index (χ3v) is 2.83. The van der Waals surface area contributed by atoms with Gasteiger partial charge in [0.15, 0.2) is 11.5 Å². The molecule has 0 atom stereocenters. The van der Waals surface area contributed by atoms with Crippen molar-refractivity contribution in [2.24, 2.45) is 0 Å². The average molecular weight is 258 g/mol. The maximum absolute atomic E-state index is 5.75. The van der Waals surface area contributed by atoms with E-state index < -0.39 is 0 Å². The number of nitrogens with two attached hydrogens (primary N) is 1. The molecule has 0 amide bonds. The summed E-state index contributed by atoms with van der Waals surface area (Å²) in [6.45, 7) is 0.709. The Morgan fingerprint density at radius 1 is 1.00 bits per heavy atom. The molecule has 2 aromatic rings. The predicted molar refractivity (Wildman–Crippen MR) is 77.7 cm³/mol. The zero-order valence-corrected chi connectivity index (χ0v) is 11.1. The molecule has 19 heavy (non-hydrogen) atoms. The third-order valence-electron chi connectivity index (χ3n) is 2.83. The van der Waals surface area contributed by atoms with Crippen LogP contribution in [0.4, 0.5) is 11.4 Å². The lowest BCUT2D eigenvalue weighted by Gasteiger charge is -2.11. The largest absolute Gasteiger partial charge is 0.493 e. The molecular weight excluding hydrogens is 240 g/mol. The quantitative estimate of drug-likeness (QED) is 0.810. The molecule has 3 N–H and O–H groups in total. The summed E-state index contributed by atoms with van der Waals surface area (Å²) in [5, 5.41) is 3.32. The molecule has 0 aliphatic heterocycles. The molecule has 0 radical (unpaired) electrons. The Bertz CT molecular complexity index is 556. The van der Waals surface area contributed by atoms with Crippen LogP contribution in [0.3, 0.4) is 0 Å². The number of hydrogen-bond donors (Lipinski definition) is 2. The first-order valence-corrected chi connectivity index (χ1v) is 6.03. The smallest absolute Gasteiger partial charge is 0.162 e. The van der Waals surface area contributed by atoms with Crippen LogP contribution in [0.25, 0.3) is 0 Å². The molecule has 0 aromatic heterocycles. The molecule has 0 unspecified atom stereocenters. The fourth-order valence-electron chi connectivity index (χ4n) is 1.85. The van der Waals surface area contributed by atoms with Gasteiger partial charge in [-0.05, 0) is 29.8 Å². The molecule has 2 rings (SSSR count). The second kappa shape index (κ2) is 6.00. The van der Waals surface area contributed by atoms with Gasteiger partial charge in [-0.2, -0.15) is 0 Å². The summed E-state index contributed by atoms with van der Waals surface area (Å²) >= 11 is 0. The van der Waals surface area contributed by atoms with Gasteiger partial charge >= 0.3 is 0 Å².